The average molecular weight is 221 g/mol. The first-order valence-corrected chi connectivity index (χ1v) is 4.87. The Labute approximate surface area is 92.4 Å². The van der Waals surface area contributed by atoms with Crippen LogP contribution in [0.3, 0.4) is 0 Å². The molecule has 2 rings (SSSR count). The molecule has 4 heteroatoms. The van der Waals surface area contributed by atoms with Gasteiger partial charge in [0.1, 0.15) is 5.52 Å². The number of hydrogen-bond donors (Lipinski definition) is 1. The molecule has 1 N–H and O–H groups in total. The summed E-state index contributed by atoms with van der Waals surface area (Å²) < 4.78 is 5.42. The highest BCUT2D eigenvalue weighted by Gasteiger charge is 2.04. The Bertz CT molecular complexity index is 536. The summed E-state index contributed by atoms with van der Waals surface area (Å²) >= 11 is 5.83. The van der Waals surface area contributed by atoms with E-state index >= 15 is 0 Å². The first-order valence-electron chi connectivity index (χ1n) is 4.49. The van der Waals surface area contributed by atoms with Gasteiger partial charge in [-0.05, 0) is 25.1 Å². The predicted molar refractivity (Wildman–Crippen MR) is 61.0 cm³/mol. The summed E-state index contributed by atoms with van der Waals surface area (Å²) in [5.41, 5.74) is 1.46. The number of oxazole rings is 1. The molecule has 0 atom stereocenters. The van der Waals surface area contributed by atoms with Gasteiger partial charge in [0.15, 0.2) is 5.58 Å². The fourth-order valence-corrected chi connectivity index (χ4v) is 1.35. The summed E-state index contributed by atoms with van der Waals surface area (Å²) in [5, 5.41) is 3.61. The summed E-state index contributed by atoms with van der Waals surface area (Å²) in [7, 11) is 0. The van der Waals surface area contributed by atoms with Gasteiger partial charge in [0.25, 0.3) is 6.01 Å². The van der Waals surface area contributed by atoms with Gasteiger partial charge in [-0.3, -0.25) is 0 Å². The molecule has 1 heterocycles. The van der Waals surface area contributed by atoms with E-state index in [1.807, 2.05) is 0 Å². The van der Waals surface area contributed by atoms with Crippen LogP contribution in [0.1, 0.15) is 6.92 Å². The second-order valence-corrected chi connectivity index (χ2v) is 3.35. The lowest BCUT2D eigenvalue weighted by Gasteiger charge is -1.91. The van der Waals surface area contributed by atoms with Crippen LogP contribution in [-0.2, 0) is 0 Å². The van der Waals surface area contributed by atoms with E-state index in [9.17, 15) is 0 Å². The van der Waals surface area contributed by atoms with Crippen LogP contribution in [0, 0.1) is 11.8 Å². The minimum absolute atomic E-state index is 0.468. The van der Waals surface area contributed by atoms with Crippen LogP contribution >= 0.6 is 11.6 Å². The second-order valence-electron chi connectivity index (χ2n) is 2.91. The summed E-state index contributed by atoms with van der Waals surface area (Å²) in [5.74, 6) is 5.64. The molecular weight excluding hydrogens is 212 g/mol. The Morgan fingerprint density at radius 3 is 3.20 bits per heavy atom. The van der Waals surface area contributed by atoms with E-state index < -0.39 is 0 Å². The smallest absolute Gasteiger partial charge is 0.296 e. The lowest BCUT2D eigenvalue weighted by atomic mass is 10.3. The maximum atomic E-state index is 5.83. The molecule has 3 nitrogen and oxygen atoms in total. The topological polar surface area (TPSA) is 38.1 Å². The van der Waals surface area contributed by atoms with Crippen molar-refractivity contribution in [2.24, 2.45) is 0 Å². The van der Waals surface area contributed by atoms with Crippen LogP contribution in [0.5, 0.6) is 0 Å². The van der Waals surface area contributed by atoms with Crippen LogP contribution in [-0.4, -0.2) is 11.5 Å². The number of aromatic nitrogens is 1. The van der Waals surface area contributed by atoms with E-state index in [2.05, 4.69) is 22.1 Å². The molecule has 1 aromatic heterocycles. The number of nitrogens with one attached hydrogen (secondary N) is 1. The number of halogens is 1. The lowest BCUT2D eigenvalue weighted by Crippen LogP contribution is -1.97. The molecule has 2 aromatic rings. The van der Waals surface area contributed by atoms with Crippen LogP contribution in [0.15, 0.2) is 22.6 Å². The Balaban J connectivity index is 2.25. The highest BCUT2D eigenvalue weighted by atomic mass is 35.5. The summed E-state index contributed by atoms with van der Waals surface area (Å²) in [6.45, 7) is 2.31. The molecule has 1 aromatic carbocycles. The van der Waals surface area contributed by atoms with Gasteiger partial charge >= 0.3 is 0 Å². The predicted octanol–water partition coefficient (Wildman–Crippen LogP) is 2.92. The molecule has 0 radical (unpaired) electrons. The van der Waals surface area contributed by atoms with Gasteiger partial charge in [-0.2, -0.15) is 4.98 Å². The van der Waals surface area contributed by atoms with Crippen molar-refractivity contribution in [2.45, 2.75) is 6.92 Å². The molecule has 0 aliphatic rings. The van der Waals surface area contributed by atoms with Crippen LogP contribution in [0.4, 0.5) is 6.01 Å². The fraction of sp³-hybridized carbons (Fsp3) is 0.182. The monoisotopic (exact) mass is 220 g/mol. The largest absolute Gasteiger partial charge is 0.424 e. The highest BCUT2D eigenvalue weighted by Crippen LogP contribution is 2.21. The van der Waals surface area contributed by atoms with Crippen molar-refractivity contribution in [3.05, 3.63) is 23.2 Å². The Hall–Kier alpha value is -1.66. The molecular formula is C11H9ClN2O. The first-order chi connectivity index (χ1) is 7.29. The van der Waals surface area contributed by atoms with Gasteiger partial charge in [-0.1, -0.05) is 17.5 Å². The Kier molecular flexibility index (Phi) is 2.79. The van der Waals surface area contributed by atoms with E-state index in [1.165, 1.54) is 0 Å². The highest BCUT2D eigenvalue weighted by molar-refractivity contribution is 6.31. The van der Waals surface area contributed by atoms with Crippen molar-refractivity contribution < 1.29 is 4.42 Å². The van der Waals surface area contributed by atoms with Crippen LogP contribution < -0.4 is 5.32 Å². The number of rotatable bonds is 2. The van der Waals surface area contributed by atoms with Crippen molar-refractivity contribution in [1.82, 2.24) is 4.98 Å². The zero-order valence-electron chi connectivity index (χ0n) is 8.17. The molecule has 0 saturated carbocycles. The molecule has 0 unspecified atom stereocenters. The fourth-order valence-electron chi connectivity index (χ4n) is 1.18. The molecule has 0 spiro atoms. The number of nitrogens with zero attached hydrogens (tertiary/aromatic N) is 1. The van der Waals surface area contributed by atoms with Crippen LogP contribution in [0.2, 0.25) is 5.02 Å². The second kappa shape index (κ2) is 4.24. The molecule has 76 valence electrons. The average Bonchev–Trinajstić information content (AvgIpc) is 2.60. The van der Waals surface area contributed by atoms with Crippen molar-refractivity contribution in [3.63, 3.8) is 0 Å². The Morgan fingerprint density at radius 2 is 2.40 bits per heavy atom. The minimum Gasteiger partial charge on any atom is -0.424 e. The third kappa shape index (κ3) is 2.23. The van der Waals surface area contributed by atoms with Crippen LogP contribution in [0.25, 0.3) is 11.1 Å². The van der Waals surface area contributed by atoms with Crippen molar-refractivity contribution in [1.29, 1.82) is 0 Å². The van der Waals surface area contributed by atoms with Crippen molar-refractivity contribution in [2.75, 3.05) is 11.9 Å². The first kappa shape index (κ1) is 9.88. The molecule has 15 heavy (non-hydrogen) atoms. The van der Waals surface area contributed by atoms with Gasteiger partial charge in [-0.15, -0.1) is 5.92 Å². The Morgan fingerprint density at radius 1 is 1.53 bits per heavy atom. The van der Waals surface area contributed by atoms with E-state index in [0.29, 0.717) is 23.2 Å². The van der Waals surface area contributed by atoms with Gasteiger partial charge in [0.05, 0.1) is 6.54 Å². The van der Waals surface area contributed by atoms with E-state index in [4.69, 9.17) is 16.0 Å². The van der Waals surface area contributed by atoms with Gasteiger partial charge < -0.3 is 9.73 Å². The summed E-state index contributed by atoms with van der Waals surface area (Å²) in [4.78, 5) is 4.22. The molecule has 0 saturated heterocycles. The third-order valence-corrected chi connectivity index (χ3v) is 2.09. The standard InChI is InChI=1S/C11H9ClN2O/c1-2-3-6-13-11-14-9-7-8(12)4-5-10(9)15-11/h4-5,7H,6H2,1H3,(H,13,14). The van der Waals surface area contributed by atoms with Gasteiger partial charge in [-0.25, -0.2) is 0 Å². The molecule has 0 fully saturated rings. The SMILES string of the molecule is CC#CCNc1nc2cc(Cl)ccc2o1. The zero-order valence-corrected chi connectivity index (χ0v) is 8.93. The number of hydrogen-bond acceptors (Lipinski definition) is 3. The molecule has 0 bridgehead atoms. The van der Waals surface area contributed by atoms with E-state index in [-0.39, 0.29) is 0 Å². The van der Waals surface area contributed by atoms with Gasteiger partial charge in [0, 0.05) is 5.02 Å². The summed E-state index contributed by atoms with van der Waals surface area (Å²) in [6, 6.07) is 5.79. The maximum absolute atomic E-state index is 5.83. The number of benzene rings is 1. The van der Waals surface area contributed by atoms with Crippen molar-refractivity contribution >= 4 is 28.7 Å². The van der Waals surface area contributed by atoms with Gasteiger partial charge in [0.2, 0.25) is 0 Å². The van der Waals surface area contributed by atoms with E-state index in [1.54, 1.807) is 25.1 Å². The quantitative estimate of drug-likeness (QED) is 0.791. The maximum Gasteiger partial charge on any atom is 0.296 e. The number of anilines is 1. The zero-order chi connectivity index (χ0) is 10.7. The summed E-state index contributed by atoms with van der Waals surface area (Å²) in [6.07, 6.45) is 0. The lowest BCUT2D eigenvalue weighted by molar-refractivity contribution is 0.618. The molecule has 0 aliphatic carbocycles. The molecule has 0 aliphatic heterocycles. The van der Waals surface area contributed by atoms with Crippen molar-refractivity contribution in [3.8, 4) is 11.8 Å². The molecule has 0 amide bonds. The minimum atomic E-state index is 0.468. The van der Waals surface area contributed by atoms with E-state index in [0.717, 1.165) is 5.52 Å². The normalized spacial score (nSPS) is 9.73. The number of fused-ring (bicyclic) bond motifs is 1. The third-order valence-electron chi connectivity index (χ3n) is 1.85.